The Balaban J connectivity index is 1.52. The van der Waals surface area contributed by atoms with Crippen LogP contribution in [0.25, 0.3) is 0 Å². The third kappa shape index (κ3) is 6.43. The fourth-order valence-corrected chi connectivity index (χ4v) is 3.47. The van der Waals surface area contributed by atoms with E-state index in [9.17, 15) is 0 Å². The number of fused-ring (bicyclic) bond motifs is 1. The molecular formula is C22H31N3O2. The molecule has 0 bridgehead atoms. The van der Waals surface area contributed by atoms with Crippen molar-refractivity contribution in [1.29, 1.82) is 0 Å². The van der Waals surface area contributed by atoms with E-state index in [4.69, 9.17) is 14.1 Å². The molecule has 1 atom stereocenters. The summed E-state index contributed by atoms with van der Waals surface area (Å²) in [5.41, 5.74) is 2.94. The van der Waals surface area contributed by atoms with Gasteiger partial charge in [0.05, 0.1) is 6.26 Å². The predicted octanol–water partition coefficient (Wildman–Crippen LogP) is 3.34. The van der Waals surface area contributed by atoms with Gasteiger partial charge in [0.15, 0.2) is 5.96 Å². The molecule has 1 aromatic carbocycles. The van der Waals surface area contributed by atoms with Crippen LogP contribution in [0.15, 0.2) is 52.1 Å². The van der Waals surface area contributed by atoms with E-state index in [1.54, 1.807) is 13.4 Å². The number of methoxy groups -OCH3 is 1. The molecule has 0 amide bonds. The Labute approximate surface area is 162 Å². The average molecular weight is 370 g/mol. The summed E-state index contributed by atoms with van der Waals surface area (Å²) < 4.78 is 10.5. The maximum absolute atomic E-state index is 5.42. The first-order chi connectivity index (χ1) is 13.3. The fourth-order valence-electron chi connectivity index (χ4n) is 3.47. The Morgan fingerprint density at radius 3 is 2.89 bits per heavy atom. The molecule has 0 spiro atoms. The molecule has 0 radical (unpaired) electrons. The van der Waals surface area contributed by atoms with Gasteiger partial charge in [-0.15, -0.1) is 0 Å². The van der Waals surface area contributed by atoms with E-state index in [2.05, 4.69) is 34.9 Å². The van der Waals surface area contributed by atoms with Crippen LogP contribution in [0.5, 0.6) is 0 Å². The van der Waals surface area contributed by atoms with Crippen LogP contribution in [0.2, 0.25) is 0 Å². The van der Waals surface area contributed by atoms with Crippen molar-refractivity contribution < 1.29 is 9.15 Å². The van der Waals surface area contributed by atoms with Gasteiger partial charge in [0.1, 0.15) is 5.76 Å². The minimum absolute atomic E-state index is 0.425. The molecule has 5 heteroatoms. The van der Waals surface area contributed by atoms with Crippen LogP contribution in [-0.2, 0) is 24.0 Å². The first-order valence-corrected chi connectivity index (χ1v) is 9.98. The third-order valence-corrected chi connectivity index (χ3v) is 4.96. The Morgan fingerprint density at radius 2 is 2.07 bits per heavy atom. The summed E-state index contributed by atoms with van der Waals surface area (Å²) in [6.45, 7) is 2.41. The van der Waals surface area contributed by atoms with Crippen molar-refractivity contribution in [2.75, 3.05) is 26.8 Å². The number of nitrogens with zero attached hydrogens (tertiary/aromatic N) is 1. The largest absolute Gasteiger partial charge is 0.469 e. The zero-order chi connectivity index (χ0) is 18.7. The van der Waals surface area contributed by atoms with Gasteiger partial charge in [0.25, 0.3) is 0 Å². The van der Waals surface area contributed by atoms with E-state index < -0.39 is 0 Å². The number of rotatable bonds is 9. The number of hydrogen-bond acceptors (Lipinski definition) is 3. The maximum Gasteiger partial charge on any atom is 0.191 e. The van der Waals surface area contributed by atoms with Gasteiger partial charge in [-0.2, -0.15) is 0 Å². The van der Waals surface area contributed by atoms with Crippen molar-refractivity contribution in [1.82, 2.24) is 10.6 Å². The molecule has 1 unspecified atom stereocenters. The molecule has 1 aliphatic rings. The van der Waals surface area contributed by atoms with Crippen molar-refractivity contribution in [2.24, 2.45) is 4.99 Å². The molecule has 0 saturated carbocycles. The SMILES string of the molecule is COCCCCN=C(NCCc1ccco1)NC1CCc2ccccc2C1. The highest BCUT2D eigenvalue weighted by atomic mass is 16.5. The van der Waals surface area contributed by atoms with Crippen LogP contribution in [0.4, 0.5) is 0 Å². The zero-order valence-corrected chi connectivity index (χ0v) is 16.2. The molecular weight excluding hydrogens is 338 g/mol. The average Bonchev–Trinajstić information content (AvgIpc) is 3.21. The summed E-state index contributed by atoms with van der Waals surface area (Å²) in [4.78, 5) is 4.77. The number of ether oxygens (including phenoxy) is 1. The van der Waals surface area contributed by atoms with Crippen molar-refractivity contribution in [3.63, 3.8) is 0 Å². The van der Waals surface area contributed by atoms with Gasteiger partial charge in [-0.05, 0) is 55.4 Å². The van der Waals surface area contributed by atoms with Gasteiger partial charge < -0.3 is 19.8 Å². The molecule has 1 aromatic heterocycles. The van der Waals surface area contributed by atoms with E-state index in [0.717, 1.165) is 69.9 Å². The Bertz CT molecular complexity index is 697. The second kappa shape index (κ2) is 10.8. The lowest BCUT2D eigenvalue weighted by Crippen LogP contribution is -2.46. The predicted molar refractivity (Wildman–Crippen MR) is 109 cm³/mol. The molecule has 2 aromatic rings. The van der Waals surface area contributed by atoms with Crippen molar-refractivity contribution in [2.45, 2.75) is 44.6 Å². The minimum atomic E-state index is 0.425. The Morgan fingerprint density at radius 1 is 1.19 bits per heavy atom. The van der Waals surface area contributed by atoms with Crippen LogP contribution in [0.1, 0.15) is 36.1 Å². The summed E-state index contributed by atoms with van der Waals surface area (Å²) in [6, 6.07) is 13.1. The number of furan rings is 1. The van der Waals surface area contributed by atoms with E-state index >= 15 is 0 Å². The quantitative estimate of drug-likeness (QED) is 0.404. The number of benzene rings is 1. The lowest BCUT2D eigenvalue weighted by molar-refractivity contribution is 0.193. The van der Waals surface area contributed by atoms with Gasteiger partial charge in [-0.1, -0.05) is 24.3 Å². The Hall–Kier alpha value is -2.27. The van der Waals surface area contributed by atoms with Crippen molar-refractivity contribution in [3.8, 4) is 0 Å². The molecule has 27 heavy (non-hydrogen) atoms. The van der Waals surface area contributed by atoms with E-state index in [0.29, 0.717) is 6.04 Å². The standard InChI is InChI=1S/C22H31N3O2/c1-26-15-5-4-13-23-22(24-14-12-21-9-6-16-27-21)25-20-11-10-18-7-2-3-8-19(18)17-20/h2-3,6-9,16,20H,4-5,10-15,17H2,1H3,(H2,23,24,25). The monoisotopic (exact) mass is 369 g/mol. The third-order valence-electron chi connectivity index (χ3n) is 4.96. The molecule has 3 rings (SSSR count). The number of unbranched alkanes of at least 4 members (excludes halogenated alkanes) is 1. The van der Waals surface area contributed by atoms with Gasteiger partial charge >= 0.3 is 0 Å². The molecule has 2 N–H and O–H groups in total. The first kappa shape index (κ1) is 19.5. The molecule has 1 aliphatic carbocycles. The van der Waals surface area contributed by atoms with Crippen LogP contribution in [-0.4, -0.2) is 38.8 Å². The summed E-state index contributed by atoms with van der Waals surface area (Å²) >= 11 is 0. The van der Waals surface area contributed by atoms with Gasteiger partial charge in [-0.3, -0.25) is 4.99 Å². The lowest BCUT2D eigenvalue weighted by Gasteiger charge is -2.27. The van der Waals surface area contributed by atoms with Crippen LogP contribution in [0.3, 0.4) is 0 Å². The van der Waals surface area contributed by atoms with Crippen LogP contribution in [0, 0.1) is 0 Å². The number of nitrogens with one attached hydrogen (secondary N) is 2. The zero-order valence-electron chi connectivity index (χ0n) is 16.2. The highest BCUT2D eigenvalue weighted by Crippen LogP contribution is 2.20. The van der Waals surface area contributed by atoms with Crippen molar-refractivity contribution in [3.05, 3.63) is 59.5 Å². The number of aryl methyl sites for hydroxylation is 1. The normalized spacial score (nSPS) is 16.8. The summed E-state index contributed by atoms with van der Waals surface area (Å²) in [6.07, 6.45) is 7.96. The Kier molecular flexibility index (Phi) is 7.78. The smallest absolute Gasteiger partial charge is 0.191 e. The highest BCUT2D eigenvalue weighted by molar-refractivity contribution is 5.80. The van der Waals surface area contributed by atoms with Gasteiger partial charge in [-0.25, -0.2) is 0 Å². The van der Waals surface area contributed by atoms with Crippen LogP contribution < -0.4 is 10.6 Å². The summed E-state index contributed by atoms with van der Waals surface area (Å²) in [5.74, 6) is 1.90. The van der Waals surface area contributed by atoms with E-state index in [-0.39, 0.29) is 0 Å². The van der Waals surface area contributed by atoms with E-state index in [1.165, 1.54) is 11.1 Å². The fraction of sp³-hybridized carbons (Fsp3) is 0.500. The van der Waals surface area contributed by atoms with Crippen LogP contribution >= 0.6 is 0 Å². The van der Waals surface area contributed by atoms with Crippen molar-refractivity contribution >= 4 is 5.96 Å². The molecule has 0 saturated heterocycles. The molecule has 146 valence electrons. The van der Waals surface area contributed by atoms with Gasteiger partial charge in [0.2, 0.25) is 0 Å². The molecule has 1 heterocycles. The lowest BCUT2D eigenvalue weighted by atomic mass is 9.88. The maximum atomic E-state index is 5.42. The summed E-state index contributed by atoms with van der Waals surface area (Å²) in [5, 5.41) is 7.11. The highest BCUT2D eigenvalue weighted by Gasteiger charge is 2.19. The van der Waals surface area contributed by atoms with Gasteiger partial charge in [0, 0.05) is 39.3 Å². The minimum Gasteiger partial charge on any atom is -0.469 e. The second-order valence-electron chi connectivity index (χ2n) is 7.04. The van der Waals surface area contributed by atoms with E-state index in [1.807, 2.05) is 12.1 Å². The summed E-state index contributed by atoms with van der Waals surface area (Å²) in [7, 11) is 1.74. The first-order valence-electron chi connectivity index (χ1n) is 9.98. The number of hydrogen-bond donors (Lipinski definition) is 2. The number of aliphatic imine (C=N–C) groups is 1. The number of guanidine groups is 1. The topological polar surface area (TPSA) is 58.8 Å². The molecule has 5 nitrogen and oxygen atoms in total. The second-order valence-corrected chi connectivity index (χ2v) is 7.04. The molecule has 0 fully saturated rings. The molecule has 0 aliphatic heterocycles.